The lowest BCUT2D eigenvalue weighted by molar-refractivity contribution is 1.14. The van der Waals surface area contributed by atoms with Crippen LogP contribution in [-0.4, -0.2) is 9.97 Å². The Morgan fingerprint density at radius 1 is 0.458 bits per heavy atom. The van der Waals surface area contributed by atoms with Crippen LogP contribution in [0, 0.1) is 0 Å². The molecule has 1 N–H and O–H groups in total. The van der Waals surface area contributed by atoms with Gasteiger partial charge in [-0.1, -0.05) is 96.7 Å². The molecule has 0 atom stereocenters. The summed E-state index contributed by atoms with van der Waals surface area (Å²) in [5.41, 5.74) is 11.5. The SMILES string of the molecule is c1ccc(-c2cc(-c3ccccc3)cc(-c3cccc(Sc4cc(-c5cccs5)cc5c4[nH]c4ccc(-c6cccs6)cc45)n3)c2)cc1. The Bertz CT molecular complexity index is 2460. The van der Waals surface area contributed by atoms with Crippen LogP contribution in [0.15, 0.2) is 172 Å². The second kappa shape index (κ2) is 12.4. The maximum Gasteiger partial charge on any atom is 0.102 e. The normalized spacial score (nSPS) is 11.4. The lowest BCUT2D eigenvalue weighted by Gasteiger charge is -2.12. The highest BCUT2D eigenvalue weighted by molar-refractivity contribution is 7.99. The molecule has 5 aromatic carbocycles. The Kier molecular flexibility index (Phi) is 7.51. The Hall–Kier alpha value is -5.20. The molecule has 0 saturated heterocycles. The summed E-state index contributed by atoms with van der Waals surface area (Å²) >= 11 is 5.27. The van der Waals surface area contributed by atoms with E-state index in [0.29, 0.717) is 0 Å². The first-order chi connectivity index (χ1) is 23.7. The first-order valence-corrected chi connectivity index (χ1v) is 18.4. The van der Waals surface area contributed by atoms with Gasteiger partial charge in [-0.3, -0.25) is 0 Å². The molecule has 4 aromatic heterocycles. The third kappa shape index (κ3) is 5.56. The van der Waals surface area contributed by atoms with E-state index in [4.69, 9.17) is 4.98 Å². The van der Waals surface area contributed by atoms with E-state index in [1.807, 2.05) is 0 Å². The van der Waals surface area contributed by atoms with Crippen LogP contribution in [-0.2, 0) is 0 Å². The molecule has 0 spiro atoms. The van der Waals surface area contributed by atoms with E-state index in [2.05, 4.69) is 167 Å². The molecule has 0 saturated carbocycles. The third-order valence-corrected chi connectivity index (χ3v) is 11.5. The zero-order chi connectivity index (χ0) is 31.9. The monoisotopic (exact) mass is 668 g/mol. The van der Waals surface area contributed by atoms with Crippen LogP contribution in [0.4, 0.5) is 0 Å². The number of aromatic nitrogens is 2. The average molecular weight is 669 g/mol. The van der Waals surface area contributed by atoms with E-state index in [9.17, 15) is 0 Å². The van der Waals surface area contributed by atoms with Gasteiger partial charge in [0.1, 0.15) is 5.03 Å². The molecule has 0 aliphatic heterocycles. The summed E-state index contributed by atoms with van der Waals surface area (Å²) < 4.78 is 0. The van der Waals surface area contributed by atoms with Crippen molar-refractivity contribution in [1.29, 1.82) is 0 Å². The number of H-pyrrole nitrogens is 1. The van der Waals surface area contributed by atoms with Gasteiger partial charge in [-0.25, -0.2) is 4.98 Å². The van der Waals surface area contributed by atoms with E-state index in [1.165, 1.54) is 53.9 Å². The van der Waals surface area contributed by atoms with E-state index >= 15 is 0 Å². The van der Waals surface area contributed by atoms with E-state index in [-0.39, 0.29) is 0 Å². The van der Waals surface area contributed by atoms with Gasteiger partial charge < -0.3 is 4.98 Å². The molecule has 0 unspecified atom stereocenters. The molecule has 0 bridgehead atoms. The van der Waals surface area contributed by atoms with Gasteiger partial charge in [-0.2, -0.15) is 0 Å². The Morgan fingerprint density at radius 3 is 1.77 bits per heavy atom. The van der Waals surface area contributed by atoms with Gasteiger partial charge in [-0.15, -0.1) is 22.7 Å². The van der Waals surface area contributed by atoms with Crippen LogP contribution < -0.4 is 0 Å². The fraction of sp³-hybridized carbons (Fsp3) is 0. The Morgan fingerprint density at radius 2 is 1.10 bits per heavy atom. The number of rotatable bonds is 7. The molecule has 0 aliphatic rings. The van der Waals surface area contributed by atoms with Gasteiger partial charge in [0.25, 0.3) is 0 Å². The highest BCUT2D eigenvalue weighted by Crippen LogP contribution is 2.42. The van der Waals surface area contributed by atoms with Crippen LogP contribution in [0.1, 0.15) is 0 Å². The second-order valence-electron chi connectivity index (χ2n) is 11.7. The van der Waals surface area contributed by atoms with Gasteiger partial charge in [0.15, 0.2) is 0 Å². The predicted molar refractivity (Wildman–Crippen MR) is 207 cm³/mol. The Balaban J connectivity index is 1.16. The third-order valence-electron chi connectivity index (χ3n) is 8.66. The van der Waals surface area contributed by atoms with E-state index in [0.717, 1.165) is 32.2 Å². The molecular weight excluding hydrogens is 641 g/mol. The van der Waals surface area contributed by atoms with E-state index < -0.39 is 0 Å². The molecule has 5 heteroatoms. The number of benzene rings is 5. The molecule has 9 aromatic rings. The smallest absolute Gasteiger partial charge is 0.102 e. The standard InChI is InChI=1S/C43H28N2S3/c1-3-10-28(11-4-1)31-22-32(29-12-5-2-6-13-29)24-33(23-31)37-14-7-17-42(44-37)48-41-27-34(40-16-9-21-47-40)26-36-35-25-30(39-15-8-20-46-39)18-19-38(35)45-43(36)41/h1-27,45H. The Labute approximate surface area is 291 Å². The summed E-state index contributed by atoms with van der Waals surface area (Å²) in [4.78, 5) is 12.7. The van der Waals surface area contributed by atoms with Crippen molar-refractivity contribution < 1.29 is 0 Å². The largest absolute Gasteiger partial charge is 0.354 e. The summed E-state index contributed by atoms with van der Waals surface area (Å²) in [5.74, 6) is 0. The van der Waals surface area contributed by atoms with Crippen molar-refractivity contribution in [2.24, 2.45) is 0 Å². The fourth-order valence-corrected chi connectivity index (χ4v) is 8.75. The number of pyridine rings is 1. The molecule has 2 nitrogen and oxygen atoms in total. The lowest BCUT2D eigenvalue weighted by atomic mass is 9.95. The van der Waals surface area contributed by atoms with Crippen molar-refractivity contribution in [3.05, 3.63) is 162 Å². The topological polar surface area (TPSA) is 28.7 Å². The van der Waals surface area contributed by atoms with Crippen molar-refractivity contribution >= 4 is 56.2 Å². The van der Waals surface area contributed by atoms with E-state index in [1.54, 1.807) is 34.4 Å². The molecule has 0 aliphatic carbocycles. The van der Waals surface area contributed by atoms with Crippen LogP contribution >= 0.6 is 34.4 Å². The lowest BCUT2D eigenvalue weighted by Crippen LogP contribution is -1.90. The zero-order valence-electron chi connectivity index (χ0n) is 25.8. The average Bonchev–Trinajstić information content (AvgIpc) is 3.95. The van der Waals surface area contributed by atoms with Crippen molar-refractivity contribution in [2.75, 3.05) is 0 Å². The molecule has 228 valence electrons. The van der Waals surface area contributed by atoms with Crippen LogP contribution in [0.2, 0.25) is 0 Å². The highest BCUT2D eigenvalue weighted by Gasteiger charge is 2.16. The number of nitrogens with one attached hydrogen (secondary N) is 1. The minimum absolute atomic E-state index is 0.956. The molecule has 0 fully saturated rings. The van der Waals surface area contributed by atoms with Gasteiger partial charge in [0.05, 0.1) is 11.2 Å². The number of fused-ring (bicyclic) bond motifs is 3. The minimum atomic E-state index is 0.956. The summed E-state index contributed by atoms with van der Waals surface area (Å²) in [7, 11) is 0. The molecular formula is C43H28N2S3. The number of hydrogen-bond acceptors (Lipinski definition) is 4. The molecule has 48 heavy (non-hydrogen) atoms. The molecule has 4 heterocycles. The predicted octanol–water partition coefficient (Wildman–Crippen LogP) is 13.3. The maximum absolute atomic E-state index is 5.26. The van der Waals surface area contributed by atoms with Crippen LogP contribution in [0.3, 0.4) is 0 Å². The number of aromatic amines is 1. The van der Waals surface area contributed by atoms with Crippen molar-refractivity contribution in [3.63, 3.8) is 0 Å². The maximum atomic E-state index is 5.26. The van der Waals surface area contributed by atoms with Crippen LogP contribution in [0.25, 0.3) is 76.2 Å². The first-order valence-electron chi connectivity index (χ1n) is 15.8. The molecule has 9 rings (SSSR count). The minimum Gasteiger partial charge on any atom is -0.354 e. The summed E-state index contributed by atoms with van der Waals surface area (Å²) in [6, 6.07) is 54.4. The second-order valence-corrected chi connectivity index (χ2v) is 14.7. The summed E-state index contributed by atoms with van der Waals surface area (Å²) in [6.07, 6.45) is 0. The molecule has 0 amide bonds. The highest BCUT2D eigenvalue weighted by atomic mass is 32.2. The summed E-state index contributed by atoms with van der Waals surface area (Å²) in [6.45, 7) is 0. The van der Waals surface area contributed by atoms with Gasteiger partial charge >= 0.3 is 0 Å². The van der Waals surface area contributed by atoms with Gasteiger partial charge in [0, 0.05) is 36.5 Å². The number of nitrogens with zero attached hydrogens (tertiary/aromatic N) is 1. The van der Waals surface area contributed by atoms with Gasteiger partial charge in [-0.05, 0) is 111 Å². The molecule has 0 radical (unpaired) electrons. The summed E-state index contributed by atoms with van der Waals surface area (Å²) in [5, 5.41) is 7.72. The van der Waals surface area contributed by atoms with Crippen LogP contribution in [0.5, 0.6) is 0 Å². The van der Waals surface area contributed by atoms with Crippen molar-refractivity contribution in [2.45, 2.75) is 9.92 Å². The van der Waals surface area contributed by atoms with Crippen molar-refractivity contribution in [1.82, 2.24) is 9.97 Å². The van der Waals surface area contributed by atoms with Gasteiger partial charge in [0.2, 0.25) is 0 Å². The number of hydrogen-bond donors (Lipinski definition) is 1. The first kappa shape index (κ1) is 29.0. The van der Waals surface area contributed by atoms with Crippen molar-refractivity contribution in [3.8, 4) is 54.4 Å². The fourth-order valence-electron chi connectivity index (χ4n) is 6.34. The quantitative estimate of drug-likeness (QED) is 0.183. The zero-order valence-corrected chi connectivity index (χ0v) is 28.2. The number of thiophene rings is 2.